The second-order valence-electron chi connectivity index (χ2n) is 11.4. The highest BCUT2D eigenvalue weighted by atomic mass is 19.1. The maximum atomic E-state index is 15.0. The summed E-state index contributed by atoms with van der Waals surface area (Å²) in [5.74, 6) is -0.0156. The van der Waals surface area contributed by atoms with Crippen molar-refractivity contribution in [2.75, 3.05) is 58.4 Å². The zero-order valence-electron chi connectivity index (χ0n) is 26.0. The van der Waals surface area contributed by atoms with Crippen molar-refractivity contribution < 1.29 is 28.2 Å². The monoisotopic (exact) mass is 643 g/mol. The number of piperidine rings is 1. The average molecular weight is 644 g/mol. The predicted molar refractivity (Wildman–Crippen MR) is 170 cm³/mol. The van der Waals surface area contributed by atoms with Crippen LogP contribution in [0.3, 0.4) is 0 Å². The van der Waals surface area contributed by atoms with Crippen molar-refractivity contribution in [3.8, 4) is 28.4 Å². The molecule has 2 aliphatic heterocycles. The molecule has 1 saturated heterocycles. The van der Waals surface area contributed by atoms with Gasteiger partial charge >= 0.3 is 5.97 Å². The fraction of sp³-hybridized carbons (Fsp3) is 0.375. The van der Waals surface area contributed by atoms with Crippen molar-refractivity contribution in [1.82, 2.24) is 39.6 Å². The molecule has 5 aromatic rings. The van der Waals surface area contributed by atoms with Gasteiger partial charge in [0.05, 0.1) is 47.8 Å². The molecule has 2 aliphatic rings. The number of methoxy groups -OCH3 is 1. The van der Waals surface area contributed by atoms with Crippen molar-refractivity contribution in [2.24, 2.45) is 0 Å². The molecule has 0 aliphatic carbocycles. The Morgan fingerprint density at radius 3 is 2.83 bits per heavy atom. The topological polar surface area (TPSA) is 150 Å². The molecule has 244 valence electrons. The Morgan fingerprint density at radius 1 is 1.17 bits per heavy atom. The number of likely N-dealkylation sites (tertiary alicyclic amines) is 1. The zero-order valence-corrected chi connectivity index (χ0v) is 26.0. The van der Waals surface area contributed by atoms with Crippen molar-refractivity contribution in [2.45, 2.75) is 25.4 Å². The average Bonchev–Trinajstić information content (AvgIpc) is 3.70. The van der Waals surface area contributed by atoms with Gasteiger partial charge in [0.15, 0.2) is 11.3 Å². The van der Waals surface area contributed by atoms with Crippen LogP contribution >= 0.6 is 0 Å². The van der Waals surface area contributed by atoms with E-state index in [1.807, 2.05) is 23.1 Å². The van der Waals surface area contributed by atoms with Gasteiger partial charge in [-0.15, -0.1) is 0 Å². The molecule has 0 bridgehead atoms. The van der Waals surface area contributed by atoms with Crippen LogP contribution in [-0.4, -0.2) is 105 Å². The van der Waals surface area contributed by atoms with E-state index in [-0.39, 0.29) is 31.0 Å². The van der Waals surface area contributed by atoms with Crippen LogP contribution in [0.25, 0.3) is 33.5 Å². The Labute approximate surface area is 268 Å². The lowest BCUT2D eigenvalue weighted by molar-refractivity contribution is -0.160. The molecule has 15 heteroatoms. The first-order valence-corrected chi connectivity index (χ1v) is 15.5. The second-order valence-corrected chi connectivity index (χ2v) is 11.4. The first kappa shape index (κ1) is 30.3. The molecule has 7 rings (SSSR count). The van der Waals surface area contributed by atoms with E-state index in [2.05, 4.69) is 25.7 Å². The van der Waals surface area contributed by atoms with Crippen molar-refractivity contribution >= 4 is 34.1 Å². The SMILES string of the molecule is CCOC(=O)C1(F)CCN(CCNC(=O)c2nn(-c3cc4c(cc3OC)NCCO4)c3cc(-c4cnn5cccnc45)ncc23)CC1. The molecule has 6 heterocycles. The molecule has 0 atom stereocenters. The Bertz CT molecular complexity index is 1970. The van der Waals surface area contributed by atoms with Gasteiger partial charge in [-0.25, -0.2) is 23.4 Å². The lowest BCUT2D eigenvalue weighted by atomic mass is 9.93. The number of aromatic nitrogens is 6. The van der Waals surface area contributed by atoms with Crippen LogP contribution in [0.4, 0.5) is 10.1 Å². The van der Waals surface area contributed by atoms with Gasteiger partial charge in [0.2, 0.25) is 5.67 Å². The summed E-state index contributed by atoms with van der Waals surface area (Å²) < 4.78 is 34.9. The number of nitrogens with one attached hydrogen (secondary N) is 2. The number of alkyl halides is 1. The van der Waals surface area contributed by atoms with Crippen molar-refractivity contribution in [3.63, 3.8) is 0 Å². The molecule has 0 unspecified atom stereocenters. The van der Waals surface area contributed by atoms with Crippen molar-refractivity contribution in [1.29, 1.82) is 0 Å². The first-order valence-electron chi connectivity index (χ1n) is 15.5. The minimum Gasteiger partial charge on any atom is -0.494 e. The molecule has 1 aromatic carbocycles. The van der Waals surface area contributed by atoms with Crippen LogP contribution in [-0.2, 0) is 9.53 Å². The number of hydrogen-bond donors (Lipinski definition) is 2. The molecule has 0 spiro atoms. The number of fused-ring (bicyclic) bond motifs is 3. The van der Waals surface area contributed by atoms with Crippen LogP contribution in [0.2, 0.25) is 0 Å². The number of nitrogens with zero attached hydrogens (tertiary/aromatic N) is 7. The fourth-order valence-corrected chi connectivity index (χ4v) is 6.01. The molecule has 1 fully saturated rings. The summed E-state index contributed by atoms with van der Waals surface area (Å²) in [7, 11) is 1.58. The summed E-state index contributed by atoms with van der Waals surface area (Å²) in [5.41, 5.74) is 2.18. The lowest BCUT2D eigenvalue weighted by Gasteiger charge is -2.34. The van der Waals surface area contributed by atoms with E-state index in [0.717, 1.165) is 11.3 Å². The molecule has 0 radical (unpaired) electrons. The number of halogens is 1. The van der Waals surface area contributed by atoms with Gasteiger partial charge in [0.1, 0.15) is 23.8 Å². The summed E-state index contributed by atoms with van der Waals surface area (Å²) in [6.07, 6.45) is 6.92. The maximum Gasteiger partial charge on any atom is 0.343 e. The van der Waals surface area contributed by atoms with Crippen LogP contribution in [0.1, 0.15) is 30.3 Å². The summed E-state index contributed by atoms with van der Waals surface area (Å²) in [6, 6.07) is 7.33. The van der Waals surface area contributed by atoms with Crippen molar-refractivity contribution in [3.05, 3.63) is 54.7 Å². The molecule has 4 aromatic heterocycles. The Hall–Kier alpha value is -5.31. The minimum absolute atomic E-state index is 0.0485. The number of rotatable bonds is 9. The minimum atomic E-state index is -1.97. The van der Waals surface area contributed by atoms with Gasteiger partial charge < -0.3 is 29.7 Å². The largest absolute Gasteiger partial charge is 0.494 e. The Balaban J connectivity index is 1.19. The Morgan fingerprint density at radius 2 is 2.02 bits per heavy atom. The highest BCUT2D eigenvalue weighted by Crippen LogP contribution is 2.38. The molecule has 47 heavy (non-hydrogen) atoms. The standard InChI is InChI=1S/C32H34FN9O5/c1-3-46-31(44)32(33)5-11-40(12-6-32)13-8-36-30(43)28-21-18-37-22(20-19-38-41-10-4-7-35-29(20)41)15-24(21)42(39-28)25-17-26-23(16-27(25)45-2)34-9-14-47-26/h4,7,10,15-19,34H,3,5-6,8-9,11-14H2,1-2H3,(H,36,43). The number of benzene rings is 1. The maximum absolute atomic E-state index is 15.0. The number of anilines is 1. The number of ether oxygens (including phenoxy) is 3. The number of pyridine rings is 1. The van der Waals surface area contributed by atoms with Crippen LogP contribution in [0.5, 0.6) is 11.5 Å². The van der Waals surface area contributed by atoms with Crippen LogP contribution < -0.4 is 20.1 Å². The van der Waals surface area contributed by atoms with E-state index in [0.29, 0.717) is 78.8 Å². The molecule has 14 nitrogen and oxygen atoms in total. The molecular formula is C32H34FN9O5. The predicted octanol–water partition coefficient (Wildman–Crippen LogP) is 3.04. The zero-order chi connectivity index (χ0) is 32.5. The van der Waals surface area contributed by atoms with E-state index >= 15 is 4.39 Å². The van der Waals surface area contributed by atoms with E-state index in [1.54, 1.807) is 54.1 Å². The van der Waals surface area contributed by atoms with Crippen LogP contribution in [0, 0.1) is 0 Å². The molecule has 0 saturated carbocycles. The first-order chi connectivity index (χ1) is 22.9. The van der Waals surface area contributed by atoms with E-state index in [9.17, 15) is 9.59 Å². The van der Waals surface area contributed by atoms with Gasteiger partial charge in [-0.05, 0) is 19.1 Å². The van der Waals surface area contributed by atoms with E-state index in [4.69, 9.17) is 19.3 Å². The third-order valence-electron chi connectivity index (χ3n) is 8.52. The third kappa shape index (κ3) is 5.67. The quantitative estimate of drug-likeness (QED) is 0.228. The number of amides is 1. The van der Waals surface area contributed by atoms with Crippen LogP contribution in [0.15, 0.2) is 49.1 Å². The Kier molecular flexibility index (Phi) is 8.05. The molecule has 2 N–H and O–H groups in total. The molecule has 1 amide bonds. The number of carbonyl (C=O) groups excluding carboxylic acids is 2. The lowest BCUT2D eigenvalue weighted by Crippen LogP contribution is -2.48. The normalized spacial score (nSPS) is 15.9. The number of hydrogen-bond acceptors (Lipinski definition) is 11. The van der Waals surface area contributed by atoms with Gasteiger partial charge in [-0.3, -0.25) is 9.78 Å². The number of carbonyl (C=O) groups is 2. The highest BCUT2D eigenvalue weighted by Gasteiger charge is 2.43. The van der Waals surface area contributed by atoms with Gasteiger partial charge in [-0.2, -0.15) is 10.2 Å². The fourth-order valence-electron chi connectivity index (χ4n) is 6.01. The summed E-state index contributed by atoms with van der Waals surface area (Å²) >= 11 is 0. The van der Waals surface area contributed by atoms with E-state index in [1.165, 1.54) is 0 Å². The smallest absolute Gasteiger partial charge is 0.343 e. The van der Waals surface area contributed by atoms with Gasteiger partial charge in [0.25, 0.3) is 5.91 Å². The highest BCUT2D eigenvalue weighted by molar-refractivity contribution is 6.05. The summed E-state index contributed by atoms with van der Waals surface area (Å²) in [6.45, 7) is 4.52. The summed E-state index contributed by atoms with van der Waals surface area (Å²) in [5, 5.41) is 16.0. The molecular weight excluding hydrogens is 609 g/mol. The summed E-state index contributed by atoms with van der Waals surface area (Å²) in [4.78, 5) is 36.8. The number of esters is 1. The second kappa shape index (κ2) is 12.5. The van der Waals surface area contributed by atoms with E-state index < -0.39 is 11.6 Å². The third-order valence-corrected chi connectivity index (χ3v) is 8.52. The van der Waals surface area contributed by atoms with Gasteiger partial charge in [0, 0.05) is 76.3 Å². The van der Waals surface area contributed by atoms with Gasteiger partial charge in [-0.1, -0.05) is 0 Å².